The number of carbonyl (C=O) groups excluding carboxylic acids is 2. The number of hydrogen-bond donors (Lipinski definition) is 2. The summed E-state index contributed by atoms with van der Waals surface area (Å²) in [7, 11) is -3.81. The molecule has 1 heterocycles. The van der Waals surface area contributed by atoms with Crippen molar-refractivity contribution in [1.29, 1.82) is 5.26 Å². The third kappa shape index (κ3) is 6.35. The summed E-state index contributed by atoms with van der Waals surface area (Å²) in [5.41, 5.74) is 9.19. The second-order valence-corrected chi connectivity index (χ2v) is 11.0. The van der Waals surface area contributed by atoms with Crippen molar-refractivity contribution in [2.75, 3.05) is 17.8 Å². The van der Waals surface area contributed by atoms with Crippen molar-refractivity contribution >= 4 is 27.5 Å². The van der Waals surface area contributed by atoms with Crippen LogP contribution in [0.4, 0.5) is 5.69 Å². The molecule has 0 bridgehead atoms. The number of primary amides is 1. The summed E-state index contributed by atoms with van der Waals surface area (Å²) < 4.78 is 28.3. The molecule has 3 aromatic carbocycles. The molecule has 3 N–H and O–H groups in total. The Kier molecular flexibility index (Phi) is 7.60. The third-order valence-electron chi connectivity index (χ3n) is 6.61. The minimum Gasteiger partial charge on any atom is -0.366 e. The highest BCUT2D eigenvalue weighted by Gasteiger charge is 2.25. The molecule has 0 atom stereocenters. The molecule has 1 saturated heterocycles. The fourth-order valence-corrected chi connectivity index (χ4v) is 5.78. The van der Waals surface area contributed by atoms with Gasteiger partial charge in [-0.25, -0.2) is 8.42 Å². The first-order valence-corrected chi connectivity index (χ1v) is 13.6. The van der Waals surface area contributed by atoms with Crippen molar-refractivity contribution < 1.29 is 18.0 Å². The Labute approximate surface area is 216 Å². The monoisotopic (exact) mass is 516 g/mol. The summed E-state index contributed by atoms with van der Waals surface area (Å²) >= 11 is 0. The number of piperidine rings is 1. The van der Waals surface area contributed by atoms with Gasteiger partial charge in [-0.2, -0.15) is 5.26 Å². The quantitative estimate of drug-likeness (QED) is 0.491. The Hall–Kier alpha value is -4.16. The zero-order valence-electron chi connectivity index (χ0n) is 20.5. The van der Waals surface area contributed by atoms with Gasteiger partial charge in [-0.05, 0) is 78.8 Å². The number of likely N-dealkylation sites (tertiary alicyclic amines) is 1. The van der Waals surface area contributed by atoms with Gasteiger partial charge in [-0.1, -0.05) is 30.3 Å². The molecule has 1 aliphatic rings. The average Bonchev–Trinajstić information content (AvgIpc) is 2.89. The SMILES string of the molecule is Cc1ccc(C(=O)N2CCC(c3ccc(C#N)cc3)CC2)cc1NS(=O)(=O)Cc1cccc(C(N)=O)c1. The summed E-state index contributed by atoms with van der Waals surface area (Å²) in [6.45, 7) is 2.95. The molecule has 8 nitrogen and oxygen atoms in total. The van der Waals surface area contributed by atoms with Crippen LogP contribution in [-0.2, 0) is 15.8 Å². The number of carbonyl (C=O) groups is 2. The van der Waals surface area contributed by atoms with Crippen molar-refractivity contribution in [3.8, 4) is 6.07 Å². The lowest BCUT2D eigenvalue weighted by Gasteiger charge is -2.32. The van der Waals surface area contributed by atoms with E-state index in [-0.39, 0.29) is 17.2 Å². The molecular weight excluding hydrogens is 488 g/mol. The van der Waals surface area contributed by atoms with Gasteiger partial charge in [0.25, 0.3) is 5.91 Å². The molecule has 1 fully saturated rings. The van der Waals surface area contributed by atoms with Gasteiger partial charge in [-0.3, -0.25) is 14.3 Å². The molecule has 1 aliphatic heterocycles. The number of amides is 2. The van der Waals surface area contributed by atoms with Crippen molar-refractivity contribution in [1.82, 2.24) is 4.90 Å². The van der Waals surface area contributed by atoms with Crippen LogP contribution >= 0.6 is 0 Å². The number of aryl methyl sites for hydroxylation is 1. The van der Waals surface area contributed by atoms with Crippen molar-refractivity contribution in [3.63, 3.8) is 0 Å². The average molecular weight is 517 g/mol. The number of hydrogen-bond acceptors (Lipinski definition) is 5. The molecule has 0 unspecified atom stereocenters. The number of anilines is 1. The van der Waals surface area contributed by atoms with Gasteiger partial charge in [0.05, 0.1) is 23.1 Å². The number of sulfonamides is 1. The molecule has 0 spiro atoms. The fourth-order valence-electron chi connectivity index (χ4n) is 4.53. The van der Waals surface area contributed by atoms with Crippen LogP contribution in [0.5, 0.6) is 0 Å². The van der Waals surface area contributed by atoms with Crippen LogP contribution in [0, 0.1) is 18.3 Å². The fraction of sp³-hybridized carbons (Fsp3) is 0.250. The topological polar surface area (TPSA) is 133 Å². The van der Waals surface area contributed by atoms with E-state index in [0.29, 0.717) is 46.9 Å². The standard InChI is InChI=1S/C28H28N4O4S/c1-19-5-8-25(16-26(19)31-37(35,36)18-21-3-2-4-24(15-21)27(30)33)28(34)32-13-11-23(12-14-32)22-9-6-20(17-29)7-10-22/h2-10,15-16,23,31H,11-14,18H2,1H3,(H2,30,33). The van der Waals surface area contributed by atoms with Crippen LogP contribution in [-0.4, -0.2) is 38.2 Å². The van der Waals surface area contributed by atoms with E-state index in [1.165, 1.54) is 17.7 Å². The van der Waals surface area contributed by atoms with E-state index in [1.807, 2.05) is 24.3 Å². The Morgan fingerprint density at radius 2 is 1.73 bits per heavy atom. The van der Waals surface area contributed by atoms with Gasteiger partial charge in [0.15, 0.2) is 0 Å². The highest BCUT2D eigenvalue weighted by Crippen LogP contribution is 2.29. The third-order valence-corrected chi connectivity index (χ3v) is 7.86. The minimum atomic E-state index is -3.81. The first kappa shape index (κ1) is 25.9. The molecule has 37 heavy (non-hydrogen) atoms. The van der Waals surface area contributed by atoms with E-state index in [0.717, 1.165) is 12.8 Å². The molecule has 9 heteroatoms. The largest absolute Gasteiger partial charge is 0.366 e. The number of nitrogens with two attached hydrogens (primary N) is 1. The Balaban J connectivity index is 1.43. The maximum Gasteiger partial charge on any atom is 0.253 e. The first-order chi connectivity index (χ1) is 17.6. The summed E-state index contributed by atoms with van der Waals surface area (Å²) in [5, 5.41) is 8.99. The van der Waals surface area contributed by atoms with Crippen LogP contribution < -0.4 is 10.5 Å². The highest BCUT2D eigenvalue weighted by atomic mass is 32.2. The number of nitrogens with zero attached hydrogens (tertiary/aromatic N) is 2. The zero-order chi connectivity index (χ0) is 26.6. The summed E-state index contributed by atoms with van der Waals surface area (Å²) in [5.74, 6) is -0.789. The van der Waals surface area contributed by atoms with E-state index in [9.17, 15) is 18.0 Å². The van der Waals surface area contributed by atoms with Crippen molar-refractivity contribution in [3.05, 3.63) is 100 Å². The maximum atomic E-state index is 13.2. The maximum absolute atomic E-state index is 13.2. The lowest BCUT2D eigenvalue weighted by atomic mass is 9.89. The second-order valence-electron chi connectivity index (χ2n) is 9.26. The van der Waals surface area contributed by atoms with Crippen LogP contribution in [0.1, 0.15) is 61.7 Å². The van der Waals surface area contributed by atoms with Gasteiger partial charge in [0.2, 0.25) is 15.9 Å². The molecule has 3 aromatic rings. The van der Waals surface area contributed by atoms with E-state index >= 15 is 0 Å². The minimum absolute atomic E-state index is 0.145. The van der Waals surface area contributed by atoms with Gasteiger partial charge in [-0.15, -0.1) is 0 Å². The van der Waals surface area contributed by atoms with E-state index in [1.54, 1.807) is 42.2 Å². The van der Waals surface area contributed by atoms with Crippen molar-refractivity contribution in [2.45, 2.75) is 31.4 Å². The molecule has 2 amide bonds. The normalized spacial score (nSPS) is 14.1. The second kappa shape index (κ2) is 10.8. The smallest absolute Gasteiger partial charge is 0.253 e. The number of nitriles is 1. The van der Waals surface area contributed by atoms with E-state index in [4.69, 9.17) is 11.0 Å². The number of rotatable bonds is 7. The molecule has 0 saturated carbocycles. The van der Waals surface area contributed by atoms with E-state index in [2.05, 4.69) is 10.8 Å². The molecule has 190 valence electrons. The van der Waals surface area contributed by atoms with E-state index < -0.39 is 15.9 Å². The summed E-state index contributed by atoms with van der Waals surface area (Å²) in [6, 6.07) is 20.9. The van der Waals surface area contributed by atoms with Crippen molar-refractivity contribution in [2.24, 2.45) is 5.73 Å². The van der Waals surface area contributed by atoms with Gasteiger partial charge < -0.3 is 10.6 Å². The predicted octanol–water partition coefficient (Wildman–Crippen LogP) is 3.93. The van der Waals surface area contributed by atoms with Crippen LogP contribution in [0.15, 0.2) is 66.7 Å². The number of nitrogens with one attached hydrogen (secondary N) is 1. The van der Waals surface area contributed by atoms with Gasteiger partial charge >= 0.3 is 0 Å². The van der Waals surface area contributed by atoms with Crippen LogP contribution in [0.3, 0.4) is 0 Å². The zero-order valence-corrected chi connectivity index (χ0v) is 21.3. The Morgan fingerprint density at radius 3 is 2.38 bits per heavy atom. The Bertz CT molecular complexity index is 1470. The van der Waals surface area contributed by atoms with Crippen LogP contribution in [0.2, 0.25) is 0 Å². The molecule has 4 rings (SSSR count). The molecule has 0 aromatic heterocycles. The first-order valence-electron chi connectivity index (χ1n) is 11.9. The molecule has 0 aliphatic carbocycles. The van der Waals surface area contributed by atoms with Gasteiger partial charge in [0.1, 0.15) is 0 Å². The van der Waals surface area contributed by atoms with Gasteiger partial charge in [0, 0.05) is 24.2 Å². The molecule has 0 radical (unpaired) electrons. The highest BCUT2D eigenvalue weighted by molar-refractivity contribution is 7.91. The lowest BCUT2D eigenvalue weighted by Crippen LogP contribution is -2.38. The number of benzene rings is 3. The summed E-state index contributed by atoms with van der Waals surface area (Å²) in [4.78, 5) is 26.4. The van der Waals surface area contributed by atoms with Crippen LogP contribution in [0.25, 0.3) is 0 Å². The Morgan fingerprint density at radius 1 is 1.03 bits per heavy atom. The predicted molar refractivity (Wildman–Crippen MR) is 141 cm³/mol. The molecular formula is C28H28N4O4S. The lowest BCUT2D eigenvalue weighted by molar-refractivity contribution is 0.0713. The summed E-state index contributed by atoms with van der Waals surface area (Å²) in [6.07, 6.45) is 1.63.